The van der Waals surface area contributed by atoms with E-state index in [2.05, 4.69) is 25.8 Å². The molecule has 162 valence electrons. The van der Waals surface area contributed by atoms with Gasteiger partial charge in [0, 0.05) is 0 Å². The number of fused-ring (bicyclic) bond motifs is 2. The Hall–Kier alpha value is -4.61. The molecule has 2 aromatic carbocycles. The topological polar surface area (TPSA) is 159 Å². The molecule has 0 radical (unpaired) electrons. The van der Waals surface area contributed by atoms with Crippen LogP contribution < -0.4 is 27.3 Å². The molecule has 0 fully saturated rings. The molecule has 2 heterocycles. The van der Waals surface area contributed by atoms with Crippen LogP contribution >= 0.6 is 0 Å². The van der Waals surface area contributed by atoms with Crippen LogP contribution in [0.5, 0.6) is 0 Å². The largest absolute Gasteiger partial charge is 0.345 e. The first-order valence-corrected chi connectivity index (χ1v) is 9.28. The Morgan fingerprint density at radius 1 is 1.00 bits per heavy atom. The number of rotatable bonds is 5. The normalized spacial score (nSPS) is 10.9. The third kappa shape index (κ3) is 4.01. The molecule has 32 heavy (non-hydrogen) atoms. The van der Waals surface area contributed by atoms with E-state index in [-0.39, 0.29) is 27.4 Å². The van der Waals surface area contributed by atoms with Crippen LogP contribution in [0.15, 0.2) is 57.1 Å². The highest BCUT2D eigenvalue weighted by atomic mass is 19.1. The molecule has 0 bridgehead atoms. The quantitative estimate of drug-likeness (QED) is 0.338. The zero-order valence-corrected chi connectivity index (χ0v) is 16.3. The van der Waals surface area contributed by atoms with E-state index in [0.717, 1.165) is 17.0 Å². The monoisotopic (exact) mass is 438 g/mol. The Kier molecular flexibility index (Phi) is 5.33. The minimum absolute atomic E-state index is 0.00282. The Bertz CT molecular complexity index is 1550. The number of nitrogens with one attached hydrogen (secondary N) is 4. The summed E-state index contributed by atoms with van der Waals surface area (Å²) in [6, 6.07) is 7.92. The van der Waals surface area contributed by atoms with Gasteiger partial charge in [-0.05, 0) is 30.3 Å². The van der Waals surface area contributed by atoms with E-state index in [1.807, 2.05) is 0 Å². The van der Waals surface area contributed by atoms with Crippen LogP contribution in [0.2, 0.25) is 0 Å². The second-order valence-corrected chi connectivity index (χ2v) is 6.80. The summed E-state index contributed by atoms with van der Waals surface area (Å²) in [5.41, 5.74) is -1.34. The lowest BCUT2D eigenvalue weighted by Gasteiger charge is -2.10. The summed E-state index contributed by atoms with van der Waals surface area (Å²) in [5.74, 6) is -1.92. The molecule has 0 unspecified atom stereocenters. The molecule has 0 aliphatic carbocycles. The fourth-order valence-electron chi connectivity index (χ4n) is 3.16. The van der Waals surface area contributed by atoms with Crippen molar-refractivity contribution < 1.29 is 14.0 Å². The maximum atomic E-state index is 13.4. The fraction of sp³-hybridized carbons (Fsp3) is 0.100. The minimum Gasteiger partial charge on any atom is -0.345 e. The standard InChI is InChI=1S/C20H15FN6O5/c21-10-4-5-13-12(6-10)20(32)27(9-23-13)8-16(29)22-7-15(28)24-14-3-1-2-11-17(14)19(31)26-25-18(11)30/h1-6,9H,7-8H2,(H,22,29)(H,24,28)(H,25,30)(H,26,31). The Morgan fingerprint density at radius 2 is 1.78 bits per heavy atom. The third-order valence-corrected chi connectivity index (χ3v) is 4.65. The number of H-pyrrole nitrogens is 2. The number of hydrogen-bond donors (Lipinski definition) is 4. The van der Waals surface area contributed by atoms with Gasteiger partial charge >= 0.3 is 0 Å². The maximum absolute atomic E-state index is 13.4. The predicted molar refractivity (Wildman–Crippen MR) is 113 cm³/mol. The van der Waals surface area contributed by atoms with E-state index < -0.39 is 47.4 Å². The van der Waals surface area contributed by atoms with Gasteiger partial charge in [0.1, 0.15) is 12.4 Å². The van der Waals surface area contributed by atoms with Crippen LogP contribution in [0.25, 0.3) is 21.7 Å². The highest BCUT2D eigenvalue weighted by molar-refractivity contribution is 6.02. The van der Waals surface area contributed by atoms with Crippen LogP contribution in [0.1, 0.15) is 0 Å². The third-order valence-electron chi connectivity index (χ3n) is 4.65. The molecule has 0 aliphatic rings. The van der Waals surface area contributed by atoms with Crippen LogP contribution in [-0.2, 0) is 16.1 Å². The van der Waals surface area contributed by atoms with E-state index >= 15 is 0 Å². The molecule has 0 aliphatic heterocycles. The highest BCUT2D eigenvalue weighted by Crippen LogP contribution is 2.16. The molecule has 2 aromatic heterocycles. The van der Waals surface area contributed by atoms with Crippen LogP contribution in [0.3, 0.4) is 0 Å². The van der Waals surface area contributed by atoms with Crippen molar-refractivity contribution in [2.45, 2.75) is 6.54 Å². The van der Waals surface area contributed by atoms with Crippen molar-refractivity contribution in [1.82, 2.24) is 25.1 Å². The molecule has 0 saturated carbocycles. The number of amides is 2. The molecule has 0 saturated heterocycles. The average Bonchev–Trinajstić information content (AvgIpc) is 2.77. The van der Waals surface area contributed by atoms with Gasteiger partial charge < -0.3 is 10.6 Å². The van der Waals surface area contributed by atoms with E-state index in [0.29, 0.717) is 0 Å². The zero-order chi connectivity index (χ0) is 22.8. The van der Waals surface area contributed by atoms with Gasteiger partial charge in [0.05, 0.1) is 40.2 Å². The molecular weight excluding hydrogens is 423 g/mol. The lowest BCUT2D eigenvalue weighted by Crippen LogP contribution is -2.37. The number of halogens is 1. The molecule has 4 N–H and O–H groups in total. The Morgan fingerprint density at radius 3 is 2.59 bits per heavy atom. The Labute approximate surface area is 176 Å². The first-order chi connectivity index (χ1) is 15.3. The van der Waals surface area contributed by atoms with Crippen molar-refractivity contribution in [3.05, 3.63) is 79.6 Å². The van der Waals surface area contributed by atoms with E-state index in [9.17, 15) is 28.4 Å². The highest BCUT2D eigenvalue weighted by Gasteiger charge is 2.13. The molecular formula is C20H15FN6O5. The van der Waals surface area contributed by atoms with Gasteiger partial charge in [-0.2, -0.15) is 0 Å². The number of carbonyl (C=O) groups excluding carboxylic acids is 2. The lowest BCUT2D eigenvalue weighted by atomic mass is 10.1. The lowest BCUT2D eigenvalue weighted by molar-refractivity contribution is -0.124. The van der Waals surface area contributed by atoms with Crippen molar-refractivity contribution in [3.63, 3.8) is 0 Å². The fourth-order valence-corrected chi connectivity index (χ4v) is 3.16. The van der Waals surface area contributed by atoms with Gasteiger partial charge in [0.2, 0.25) is 11.8 Å². The smallest absolute Gasteiger partial charge is 0.272 e. The molecule has 12 heteroatoms. The van der Waals surface area contributed by atoms with E-state index in [4.69, 9.17) is 0 Å². The number of benzene rings is 2. The minimum atomic E-state index is -0.660. The van der Waals surface area contributed by atoms with Gasteiger partial charge in [-0.1, -0.05) is 6.07 Å². The first-order valence-electron chi connectivity index (χ1n) is 9.28. The summed E-state index contributed by atoms with van der Waals surface area (Å²) < 4.78 is 14.4. The molecule has 4 rings (SSSR count). The van der Waals surface area contributed by atoms with Crippen molar-refractivity contribution in [1.29, 1.82) is 0 Å². The summed E-state index contributed by atoms with van der Waals surface area (Å²) in [6.07, 6.45) is 1.15. The number of aromatic nitrogens is 4. The zero-order valence-electron chi connectivity index (χ0n) is 16.3. The number of hydrogen-bond acceptors (Lipinski definition) is 6. The number of nitrogens with zero attached hydrogens (tertiary/aromatic N) is 2. The van der Waals surface area contributed by atoms with Crippen molar-refractivity contribution >= 4 is 39.2 Å². The second kappa shape index (κ2) is 8.26. The predicted octanol–water partition coefficient (Wildman–Crippen LogP) is -0.180. The SMILES string of the molecule is O=C(Cn1cnc2ccc(F)cc2c1=O)NCC(=O)Nc1cccc2c(=O)[nH][nH]c(=O)c12. The first kappa shape index (κ1) is 20.7. The number of anilines is 1. The molecule has 0 spiro atoms. The molecule has 0 atom stereocenters. The van der Waals surface area contributed by atoms with Gasteiger partial charge in [-0.25, -0.2) is 9.37 Å². The summed E-state index contributed by atoms with van der Waals surface area (Å²) in [7, 11) is 0. The molecule has 2 amide bonds. The number of aromatic amines is 2. The number of carbonyl (C=O) groups is 2. The van der Waals surface area contributed by atoms with Gasteiger partial charge in [0.25, 0.3) is 16.7 Å². The second-order valence-electron chi connectivity index (χ2n) is 6.80. The van der Waals surface area contributed by atoms with Crippen molar-refractivity contribution in [2.24, 2.45) is 0 Å². The van der Waals surface area contributed by atoms with Crippen molar-refractivity contribution in [2.75, 3.05) is 11.9 Å². The van der Waals surface area contributed by atoms with Crippen molar-refractivity contribution in [3.8, 4) is 0 Å². The van der Waals surface area contributed by atoms with Crippen LogP contribution in [0, 0.1) is 5.82 Å². The van der Waals surface area contributed by atoms with Gasteiger partial charge in [-0.15, -0.1) is 0 Å². The summed E-state index contributed by atoms with van der Waals surface area (Å²) in [4.78, 5) is 64.7. The summed E-state index contributed by atoms with van der Waals surface area (Å²) >= 11 is 0. The van der Waals surface area contributed by atoms with Gasteiger partial charge in [-0.3, -0.25) is 38.7 Å². The maximum Gasteiger partial charge on any atom is 0.272 e. The van der Waals surface area contributed by atoms with Crippen LogP contribution in [-0.4, -0.2) is 38.1 Å². The molecule has 4 aromatic rings. The van der Waals surface area contributed by atoms with Gasteiger partial charge in [0.15, 0.2) is 0 Å². The summed E-state index contributed by atoms with van der Waals surface area (Å²) in [5, 5.41) is 9.29. The van der Waals surface area contributed by atoms with Crippen LogP contribution in [0.4, 0.5) is 10.1 Å². The summed E-state index contributed by atoms with van der Waals surface area (Å²) in [6.45, 7) is -0.893. The average molecular weight is 438 g/mol. The van der Waals surface area contributed by atoms with E-state index in [1.165, 1.54) is 30.3 Å². The Balaban J connectivity index is 1.44. The molecule has 11 nitrogen and oxygen atoms in total. The van der Waals surface area contributed by atoms with E-state index in [1.54, 1.807) is 0 Å².